The molecule has 0 aliphatic heterocycles. The van der Waals surface area contributed by atoms with Gasteiger partial charge in [-0.15, -0.1) is 0 Å². The van der Waals surface area contributed by atoms with Crippen molar-refractivity contribution >= 4 is 16.9 Å². The van der Waals surface area contributed by atoms with Gasteiger partial charge in [0.05, 0.1) is 18.4 Å². The number of aryl methyl sites for hydroxylation is 3. The molecule has 120 valence electrons. The first-order chi connectivity index (χ1) is 11.1. The smallest absolute Gasteiger partial charge is 0.224 e. The number of benzene rings is 1. The lowest BCUT2D eigenvalue weighted by Gasteiger charge is -2.17. The van der Waals surface area contributed by atoms with Crippen molar-refractivity contribution in [3.05, 3.63) is 47.8 Å². The lowest BCUT2D eigenvalue weighted by atomic mass is 10.2. The number of amides is 1. The summed E-state index contributed by atoms with van der Waals surface area (Å²) in [6, 6.07) is 10.0. The van der Waals surface area contributed by atoms with E-state index in [1.54, 1.807) is 11.1 Å². The Bertz CT molecular complexity index is 818. The van der Waals surface area contributed by atoms with Crippen molar-refractivity contribution in [3.63, 3.8) is 0 Å². The van der Waals surface area contributed by atoms with Crippen LogP contribution in [-0.2, 0) is 24.9 Å². The van der Waals surface area contributed by atoms with Gasteiger partial charge in [-0.3, -0.25) is 14.2 Å². The maximum Gasteiger partial charge on any atom is 0.224 e. The molecule has 0 bridgehead atoms. The van der Waals surface area contributed by atoms with Crippen LogP contribution in [0.4, 0.5) is 0 Å². The monoisotopic (exact) mass is 311 g/mol. The minimum Gasteiger partial charge on any atom is -0.341 e. The highest BCUT2D eigenvalue weighted by Gasteiger charge is 2.14. The van der Waals surface area contributed by atoms with E-state index in [0.29, 0.717) is 19.5 Å². The Morgan fingerprint density at radius 1 is 1.26 bits per heavy atom. The Labute approximate surface area is 135 Å². The second kappa shape index (κ2) is 6.24. The fraction of sp³-hybridized carbons (Fsp3) is 0.353. The first-order valence-electron chi connectivity index (χ1n) is 7.69. The number of hydrogen-bond acceptors (Lipinski definition) is 3. The summed E-state index contributed by atoms with van der Waals surface area (Å²) in [5.41, 5.74) is 4.07. The average molecular weight is 311 g/mol. The van der Waals surface area contributed by atoms with Crippen LogP contribution >= 0.6 is 0 Å². The van der Waals surface area contributed by atoms with Crippen LogP contribution in [0.1, 0.15) is 17.7 Å². The molecule has 0 saturated carbocycles. The largest absolute Gasteiger partial charge is 0.341 e. The molecule has 0 fully saturated rings. The molecule has 2 heterocycles. The van der Waals surface area contributed by atoms with Gasteiger partial charge in [-0.1, -0.05) is 30.3 Å². The summed E-state index contributed by atoms with van der Waals surface area (Å²) in [4.78, 5) is 14.1. The Morgan fingerprint density at radius 3 is 2.74 bits per heavy atom. The van der Waals surface area contributed by atoms with Crippen LogP contribution < -0.4 is 0 Å². The van der Waals surface area contributed by atoms with Crippen molar-refractivity contribution in [1.29, 1.82) is 0 Å². The highest BCUT2D eigenvalue weighted by molar-refractivity contribution is 5.78. The van der Waals surface area contributed by atoms with Gasteiger partial charge in [0.25, 0.3) is 0 Å². The van der Waals surface area contributed by atoms with Crippen LogP contribution in [0.5, 0.6) is 0 Å². The van der Waals surface area contributed by atoms with Crippen molar-refractivity contribution in [1.82, 2.24) is 24.5 Å². The van der Waals surface area contributed by atoms with Gasteiger partial charge >= 0.3 is 0 Å². The zero-order valence-electron chi connectivity index (χ0n) is 13.7. The van der Waals surface area contributed by atoms with E-state index in [0.717, 1.165) is 22.3 Å². The van der Waals surface area contributed by atoms with Crippen molar-refractivity contribution in [2.75, 3.05) is 7.05 Å². The Balaban J connectivity index is 1.64. The van der Waals surface area contributed by atoms with E-state index in [1.165, 1.54) is 0 Å². The predicted molar refractivity (Wildman–Crippen MR) is 88.8 cm³/mol. The van der Waals surface area contributed by atoms with Crippen LogP contribution in [0, 0.1) is 6.92 Å². The van der Waals surface area contributed by atoms with Gasteiger partial charge < -0.3 is 4.90 Å². The van der Waals surface area contributed by atoms with Gasteiger partial charge in [0, 0.05) is 27.1 Å². The second-order valence-corrected chi connectivity index (χ2v) is 5.80. The van der Waals surface area contributed by atoms with Crippen LogP contribution in [0.25, 0.3) is 11.0 Å². The van der Waals surface area contributed by atoms with Crippen LogP contribution in [-0.4, -0.2) is 37.4 Å². The van der Waals surface area contributed by atoms with Gasteiger partial charge in [0.2, 0.25) is 5.91 Å². The van der Waals surface area contributed by atoms with Crippen molar-refractivity contribution in [2.24, 2.45) is 7.05 Å². The zero-order chi connectivity index (χ0) is 16.4. The summed E-state index contributed by atoms with van der Waals surface area (Å²) in [6.07, 6.45) is 2.22. The normalized spacial score (nSPS) is 11.1. The summed E-state index contributed by atoms with van der Waals surface area (Å²) < 4.78 is 3.68. The molecule has 6 nitrogen and oxygen atoms in total. The van der Waals surface area contributed by atoms with E-state index in [-0.39, 0.29) is 5.91 Å². The summed E-state index contributed by atoms with van der Waals surface area (Å²) in [5.74, 6) is 0.110. The molecule has 3 rings (SSSR count). The summed E-state index contributed by atoms with van der Waals surface area (Å²) >= 11 is 0. The molecule has 0 spiro atoms. The minimum atomic E-state index is 0.110. The first-order valence-corrected chi connectivity index (χ1v) is 7.69. The fourth-order valence-electron chi connectivity index (χ4n) is 2.82. The number of aromatic nitrogens is 4. The Morgan fingerprint density at radius 2 is 2.00 bits per heavy atom. The van der Waals surface area contributed by atoms with Crippen LogP contribution in [0.3, 0.4) is 0 Å². The molecule has 0 radical (unpaired) electrons. The molecule has 0 aliphatic rings. The van der Waals surface area contributed by atoms with Gasteiger partial charge in [0.1, 0.15) is 11.0 Å². The molecule has 0 unspecified atom stereocenters. The van der Waals surface area contributed by atoms with E-state index < -0.39 is 0 Å². The van der Waals surface area contributed by atoms with Crippen molar-refractivity contribution < 1.29 is 4.79 Å². The predicted octanol–water partition coefficient (Wildman–Crippen LogP) is 2.13. The molecule has 0 atom stereocenters. The molecular formula is C17H21N5O. The Hall–Kier alpha value is -2.63. The van der Waals surface area contributed by atoms with E-state index in [9.17, 15) is 4.79 Å². The standard InChI is InChI=1S/C17H21N5O/c1-13-17-15(21(3)19-13)11-18-22(17)10-9-16(23)20(2)12-14-7-5-4-6-8-14/h4-8,11H,9-10,12H2,1-3H3. The maximum absolute atomic E-state index is 12.3. The van der Waals surface area contributed by atoms with Gasteiger partial charge in [0.15, 0.2) is 0 Å². The number of fused-ring (bicyclic) bond motifs is 1. The van der Waals surface area contributed by atoms with Gasteiger partial charge in [-0.05, 0) is 12.5 Å². The molecule has 0 aliphatic carbocycles. The van der Waals surface area contributed by atoms with Crippen molar-refractivity contribution in [3.8, 4) is 0 Å². The van der Waals surface area contributed by atoms with Crippen LogP contribution in [0.2, 0.25) is 0 Å². The highest BCUT2D eigenvalue weighted by Crippen LogP contribution is 2.17. The molecule has 3 aromatic rings. The van der Waals surface area contributed by atoms with E-state index in [1.807, 2.05) is 60.7 Å². The molecule has 6 heteroatoms. The summed E-state index contributed by atoms with van der Waals surface area (Å²) in [5, 5.41) is 8.77. The third kappa shape index (κ3) is 3.11. The molecule has 0 saturated heterocycles. The van der Waals surface area contributed by atoms with E-state index in [2.05, 4.69) is 10.2 Å². The number of nitrogens with zero attached hydrogens (tertiary/aromatic N) is 5. The molecular weight excluding hydrogens is 290 g/mol. The lowest BCUT2D eigenvalue weighted by molar-refractivity contribution is -0.130. The lowest BCUT2D eigenvalue weighted by Crippen LogP contribution is -2.27. The first kappa shape index (κ1) is 15.3. The SMILES string of the molecule is Cc1nn(C)c2cnn(CCC(=O)N(C)Cc3ccccc3)c12. The number of carbonyl (C=O) groups is 1. The quantitative estimate of drug-likeness (QED) is 0.725. The average Bonchev–Trinajstić information content (AvgIpc) is 3.08. The second-order valence-electron chi connectivity index (χ2n) is 5.80. The molecule has 23 heavy (non-hydrogen) atoms. The topological polar surface area (TPSA) is 56.0 Å². The maximum atomic E-state index is 12.3. The number of carbonyl (C=O) groups excluding carboxylic acids is 1. The molecule has 1 aromatic carbocycles. The van der Waals surface area contributed by atoms with Crippen molar-refractivity contribution in [2.45, 2.75) is 26.4 Å². The molecule has 1 amide bonds. The summed E-state index contributed by atoms with van der Waals surface area (Å²) in [6.45, 7) is 3.15. The van der Waals surface area contributed by atoms with Gasteiger partial charge in [-0.25, -0.2) is 0 Å². The molecule has 2 aromatic heterocycles. The number of rotatable bonds is 5. The Kier molecular flexibility index (Phi) is 4.14. The van der Waals surface area contributed by atoms with E-state index in [4.69, 9.17) is 0 Å². The molecule has 0 N–H and O–H groups in total. The van der Waals surface area contributed by atoms with Crippen LogP contribution in [0.15, 0.2) is 36.5 Å². The van der Waals surface area contributed by atoms with Gasteiger partial charge in [-0.2, -0.15) is 10.2 Å². The third-order valence-corrected chi connectivity index (χ3v) is 4.04. The minimum absolute atomic E-state index is 0.110. The zero-order valence-corrected chi connectivity index (χ0v) is 13.7. The van der Waals surface area contributed by atoms with E-state index >= 15 is 0 Å². The summed E-state index contributed by atoms with van der Waals surface area (Å²) in [7, 11) is 3.74. The fourth-order valence-corrected chi connectivity index (χ4v) is 2.82. The highest BCUT2D eigenvalue weighted by atomic mass is 16.2. The number of hydrogen-bond donors (Lipinski definition) is 0. The third-order valence-electron chi connectivity index (χ3n) is 4.04.